The zero-order valence-electron chi connectivity index (χ0n) is 14.9. The van der Waals surface area contributed by atoms with Gasteiger partial charge < -0.3 is 10.0 Å². The molecular formula is C22H23N2OS+. The summed E-state index contributed by atoms with van der Waals surface area (Å²) in [5, 5.41) is 11.9. The van der Waals surface area contributed by atoms with Crippen molar-refractivity contribution in [2.45, 2.75) is 12.8 Å². The van der Waals surface area contributed by atoms with Gasteiger partial charge >= 0.3 is 0 Å². The van der Waals surface area contributed by atoms with Crippen LogP contribution in [0.15, 0.2) is 48.7 Å². The van der Waals surface area contributed by atoms with Crippen LogP contribution in [0.4, 0.5) is 5.69 Å². The van der Waals surface area contributed by atoms with E-state index in [0.717, 1.165) is 18.5 Å². The minimum atomic E-state index is 0.144. The minimum Gasteiger partial charge on any atom is -0.395 e. The van der Waals surface area contributed by atoms with Gasteiger partial charge in [-0.05, 0) is 36.6 Å². The fraction of sp³-hybridized carbons (Fsp3) is 0.227. The van der Waals surface area contributed by atoms with Gasteiger partial charge in [-0.2, -0.15) is 4.57 Å². The molecule has 0 bridgehead atoms. The second-order valence-electron chi connectivity index (χ2n) is 6.47. The van der Waals surface area contributed by atoms with Crippen molar-refractivity contribution in [2.75, 3.05) is 18.1 Å². The fourth-order valence-electron chi connectivity index (χ4n) is 3.47. The molecule has 1 aromatic heterocycles. The van der Waals surface area contributed by atoms with Crippen LogP contribution in [0.3, 0.4) is 0 Å². The number of β-amino-alcohol motifs (C(OH)–C–C–N with tert-alkyl or cyclic N) is 1. The standard InChI is InChI=1S/C22H23N2OS/c1-23-20-10-4-5-11-21(20)26-22(23)12-6-7-17-13-14-24(15-16-25)19-9-3-2-8-18(17)19/h2-3,6-14,25H,4-5,15-16H2,1H3/q+1. The van der Waals surface area contributed by atoms with E-state index in [2.05, 4.69) is 71.2 Å². The van der Waals surface area contributed by atoms with Crippen molar-refractivity contribution < 1.29 is 9.67 Å². The minimum absolute atomic E-state index is 0.144. The Kier molecular flexibility index (Phi) is 4.87. The molecule has 1 aliphatic carbocycles. The third-order valence-electron chi connectivity index (χ3n) is 4.81. The molecule has 1 N–H and O–H groups in total. The number of hydrogen-bond donors (Lipinski definition) is 1. The summed E-state index contributed by atoms with van der Waals surface area (Å²) in [7, 11) is 2.14. The predicted octanol–water partition coefficient (Wildman–Crippen LogP) is 2.35. The van der Waals surface area contributed by atoms with Crippen molar-refractivity contribution in [2.24, 2.45) is 7.05 Å². The van der Waals surface area contributed by atoms with E-state index in [-0.39, 0.29) is 6.61 Å². The lowest BCUT2D eigenvalue weighted by atomic mass is 9.99. The molecule has 3 nitrogen and oxygen atoms in total. The van der Waals surface area contributed by atoms with Gasteiger partial charge in [0.25, 0.3) is 5.01 Å². The maximum Gasteiger partial charge on any atom is 0.262 e. The molecule has 0 saturated heterocycles. The summed E-state index contributed by atoms with van der Waals surface area (Å²) in [5.41, 5.74) is 3.53. The van der Waals surface area contributed by atoms with Crippen molar-refractivity contribution in [1.29, 1.82) is 0 Å². The Hall–Kier alpha value is -2.43. The lowest BCUT2D eigenvalue weighted by Crippen LogP contribution is -2.51. The molecule has 0 radical (unpaired) electrons. The Bertz CT molecular complexity index is 1030. The number of thiazole rings is 1. The van der Waals surface area contributed by atoms with E-state index in [4.69, 9.17) is 0 Å². The first-order valence-corrected chi connectivity index (χ1v) is 9.82. The molecular weight excluding hydrogens is 340 g/mol. The van der Waals surface area contributed by atoms with Gasteiger partial charge in [-0.3, -0.25) is 0 Å². The summed E-state index contributed by atoms with van der Waals surface area (Å²) in [6, 6.07) is 8.34. The molecule has 132 valence electrons. The van der Waals surface area contributed by atoms with E-state index >= 15 is 0 Å². The number of aliphatic hydroxyl groups excluding tert-OH is 1. The van der Waals surface area contributed by atoms with E-state index in [0.29, 0.717) is 6.54 Å². The number of allylic oxidation sites excluding steroid dienone is 4. The average Bonchev–Trinajstić information content (AvgIpc) is 3.00. The Morgan fingerprint density at radius 2 is 2.08 bits per heavy atom. The zero-order valence-corrected chi connectivity index (χ0v) is 15.7. The summed E-state index contributed by atoms with van der Waals surface area (Å²) in [6.07, 6.45) is 17.6. The van der Waals surface area contributed by atoms with Crippen LogP contribution in [0.5, 0.6) is 0 Å². The molecule has 4 heteroatoms. The van der Waals surface area contributed by atoms with Gasteiger partial charge in [0.05, 0.1) is 6.61 Å². The number of fused-ring (bicyclic) bond motifs is 2. The molecule has 1 aliphatic heterocycles. The molecule has 0 saturated carbocycles. The molecule has 0 amide bonds. The Balaban J connectivity index is 1.65. The van der Waals surface area contributed by atoms with Crippen LogP contribution in [0, 0.1) is 0 Å². The van der Waals surface area contributed by atoms with Crippen LogP contribution < -0.4 is 19.3 Å². The smallest absolute Gasteiger partial charge is 0.262 e. The Morgan fingerprint density at radius 3 is 2.92 bits per heavy atom. The van der Waals surface area contributed by atoms with Crippen LogP contribution >= 0.6 is 11.3 Å². The second kappa shape index (κ2) is 7.44. The molecule has 2 heterocycles. The largest absolute Gasteiger partial charge is 0.395 e. The van der Waals surface area contributed by atoms with Gasteiger partial charge in [0.2, 0.25) is 5.35 Å². The summed E-state index contributed by atoms with van der Waals surface area (Å²) < 4.78 is 3.66. The van der Waals surface area contributed by atoms with Crippen LogP contribution in [-0.2, 0) is 7.05 Å². The number of rotatable bonds is 4. The van der Waals surface area contributed by atoms with Crippen molar-refractivity contribution >= 4 is 40.8 Å². The summed E-state index contributed by atoms with van der Waals surface area (Å²) in [5.74, 6) is 0. The predicted molar refractivity (Wildman–Crippen MR) is 110 cm³/mol. The third kappa shape index (κ3) is 3.18. The molecule has 2 aliphatic rings. The number of benzene rings is 1. The molecule has 0 atom stereocenters. The van der Waals surface area contributed by atoms with E-state index in [1.54, 1.807) is 0 Å². The van der Waals surface area contributed by atoms with Crippen molar-refractivity contribution in [1.82, 2.24) is 0 Å². The molecule has 4 rings (SSSR count). The summed E-state index contributed by atoms with van der Waals surface area (Å²) in [4.78, 5) is 2.09. The topological polar surface area (TPSA) is 27.4 Å². The van der Waals surface area contributed by atoms with Crippen molar-refractivity contribution in [3.63, 3.8) is 0 Å². The molecule has 1 aromatic carbocycles. The molecule has 0 spiro atoms. The van der Waals surface area contributed by atoms with Gasteiger partial charge in [-0.25, -0.2) is 0 Å². The third-order valence-corrected chi connectivity index (χ3v) is 6.02. The van der Waals surface area contributed by atoms with E-state index in [1.165, 1.54) is 26.0 Å². The number of aliphatic hydroxyl groups is 1. The maximum absolute atomic E-state index is 9.27. The fourth-order valence-corrected chi connectivity index (χ4v) is 4.61. The first kappa shape index (κ1) is 17.0. The number of para-hydroxylation sites is 1. The molecule has 0 fully saturated rings. The normalized spacial score (nSPS) is 17.2. The average molecular weight is 364 g/mol. The summed E-state index contributed by atoms with van der Waals surface area (Å²) >= 11 is 1.85. The number of aromatic nitrogens is 1. The highest BCUT2D eigenvalue weighted by atomic mass is 32.1. The number of nitrogens with zero attached hydrogens (tertiary/aromatic N) is 2. The molecule has 0 unspecified atom stereocenters. The first-order chi connectivity index (χ1) is 12.8. The first-order valence-electron chi connectivity index (χ1n) is 9.00. The lowest BCUT2D eigenvalue weighted by molar-refractivity contribution is -0.681. The van der Waals surface area contributed by atoms with Gasteiger partial charge in [-0.15, -0.1) is 0 Å². The maximum atomic E-state index is 9.27. The van der Waals surface area contributed by atoms with Crippen molar-refractivity contribution in [3.05, 3.63) is 69.1 Å². The van der Waals surface area contributed by atoms with Crippen LogP contribution in [0.1, 0.15) is 23.4 Å². The Morgan fingerprint density at radius 1 is 1.23 bits per heavy atom. The highest BCUT2D eigenvalue weighted by Crippen LogP contribution is 2.32. The highest BCUT2D eigenvalue weighted by molar-refractivity contribution is 7.10. The van der Waals surface area contributed by atoms with Gasteiger partial charge in [0, 0.05) is 30.1 Å². The quantitative estimate of drug-likeness (QED) is 0.845. The van der Waals surface area contributed by atoms with Gasteiger partial charge in [0.15, 0.2) is 0 Å². The van der Waals surface area contributed by atoms with Gasteiger partial charge in [0.1, 0.15) is 11.6 Å². The van der Waals surface area contributed by atoms with Crippen LogP contribution in [0.25, 0.3) is 23.8 Å². The number of hydrogen-bond acceptors (Lipinski definition) is 3. The monoisotopic (exact) mass is 363 g/mol. The second-order valence-corrected chi connectivity index (χ2v) is 7.53. The van der Waals surface area contributed by atoms with E-state index < -0.39 is 0 Å². The van der Waals surface area contributed by atoms with Gasteiger partial charge in [-0.1, -0.05) is 47.8 Å². The molecule has 26 heavy (non-hydrogen) atoms. The SMILES string of the molecule is C[n+]1c(C=C/C=C2\C=CN(CCO)c3ccccc32)sc2c1=CCCC=2. The zero-order chi connectivity index (χ0) is 17.9. The van der Waals surface area contributed by atoms with Crippen LogP contribution in [0.2, 0.25) is 0 Å². The van der Waals surface area contributed by atoms with Crippen LogP contribution in [-0.4, -0.2) is 18.3 Å². The molecule has 2 aromatic rings. The lowest BCUT2D eigenvalue weighted by Gasteiger charge is -2.26. The summed E-state index contributed by atoms with van der Waals surface area (Å²) in [6.45, 7) is 0.755. The highest BCUT2D eigenvalue weighted by Gasteiger charge is 2.15. The van der Waals surface area contributed by atoms with E-state index in [1.807, 2.05) is 23.6 Å². The number of anilines is 1. The Labute approximate surface area is 157 Å². The van der Waals surface area contributed by atoms with E-state index in [9.17, 15) is 5.11 Å². The van der Waals surface area contributed by atoms with Crippen molar-refractivity contribution in [3.8, 4) is 0 Å².